The number of nitrogens with zero attached hydrogens (tertiary/aromatic N) is 2. The molecule has 0 aromatic carbocycles. The number of carbonyl (C=O) groups is 1. The lowest BCUT2D eigenvalue weighted by Crippen LogP contribution is -2.23. The number of carbonyl (C=O) groups excluding carboxylic acids is 1. The maximum atomic E-state index is 11.6. The minimum Gasteiger partial charge on any atom is -0.352 e. The summed E-state index contributed by atoms with van der Waals surface area (Å²) in [4.78, 5) is 12.6. The molecule has 84 valence electrons. The van der Waals surface area contributed by atoms with E-state index in [1.54, 1.807) is 22.2 Å². The van der Waals surface area contributed by atoms with E-state index >= 15 is 0 Å². The third-order valence-corrected chi connectivity index (χ3v) is 3.04. The Balaban J connectivity index is 1.80. The molecule has 0 bridgehead atoms. The van der Waals surface area contributed by atoms with Crippen LogP contribution in [0.15, 0.2) is 29.9 Å². The van der Waals surface area contributed by atoms with Gasteiger partial charge >= 0.3 is 0 Å². The maximum absolute atomic E-state index is 11.6. The Kier molecular flexibility index (Phi) is 3.36. The summed E-state index contributed by atoms with van der Waals surface area (Å²) in [5.41, 5.74) is 1.02. The molecule has 4 nitrogen and oxygen atoms in total. The van der Waals surface area contributed by atoms with E-state index in [1.165, 1.54) is 0 Å². The fourth-order valence-electron chi connectivity index (χ4n) is 1.40. The molecule has 1 amide bonds. The second kappa shape index (κ2) is 4.94. The van der Waals surface area contributed by atoms with Crippen molar-refractivity contribution < 1.29 is 4.79 Å². The van der Waals surface area contributed by atoms with Gasteiger partial charge in [-0.05, 0) is 11.4 Å². The predicted octanol–water partition coefficient (Wildman–Crippen LogP) is 1.34. The van der Waals surface area contributed by atoms with Crippen molar-refractivity contribution >= 4 is 17.2 Å². The molecule has 0 aliphatic heterocycles. The Labute approximate surface area is 97.9 Å². The SMILES string of the molecule is Cn1cc(CNC(=O)Cc2cccs2)cn1. The molecule has 16 heavy (non-hydrogen) atoms. The molecule has 0 aliphatic carbocycles. The molecule has 0 spiro atoms. The Bertz CT molecular complexity index is 461. The number of thiophene rings is 1. The fraction of sp³-hybridized carbons (Fsp3) is 0.273. The van der Waals surface area contributed by atoms with Gasteiger partial charge in [-0.15, -0.1) is 11.3 Å². The first-order valence-corrected chi connectivity index (χ1v) is 5.88. The molecular formula is C11H13N3OS. The molecule has 2 aromatic heterocycles. The Morgan fingerprint density at radius 1 is 1.62 bits per heavy atom. The summed E-state index contributed by atoms with van der Waals surface area (Å²) in [5.74, 6) is 0.0475. The van der Waals surface area contributed by atoms with Crippen molar-refractivity contribution in [2.75, 3.05) is 0 Å². The van der Waals surface area contributed by atoms with E-state index in [1.807, 2.05) is 30.8 Å². The van der Waals surface area contributed by atoms with Crippen LogP contribution in [-0.4, -0.2) is 15.7 Å². The third kappa shape index (κ3) is 2.93. The highest BCUT2D eigenvalue weighted by Gasteiger charge is 2.04. The molecule has 2 heterocycles. The van der Waals surface area contributed by atoms with Crippen LogP contribution >= 0.6 is 11.3 Å². The van der Waals surface area contributed by atoms with Crippen molar-refractivity contribution in [2.24, 2.45) is 7.05 Å². The zero-order valence-corrected chi connectivity index (χ0v) is 9.83. The van der Waals surface area contributed by atoms with Gasteiger partial charge in [0.1, 0.15) is 0 Å². The molecule has 0 atom stereocenters. The molecular weight excluding hydrogens is 222 g/mol. The summed E-state index contributed by atoms with van der Waals surface area (Å²) in [7, 11) is 1.86. The van der Waals surface area contributed by atoms with Crippen LogP contribution in [0.25, 0.3) is 0 Å². The first kappa shape index (κ1) is 10.9. The average molecular weight is 235 g/mol. The Morgan fingerprint density at radius 3 is 3.12 bits per heavy atom. The largest absolute Gasteiger partial charge is 0.352 e. The summed E-state index contributed by atoms with van der Waals surface area (Å²) in [6, 6.07) is 3.92. The van der Waals surface area contributed by atoms with Gasteiger partial charge in [0.25, 0.3) is 0 Å². The number of nitrogens with one attached hydrogen (secondary N) is 1. The summed E-state index contributed by atoms with van der Waals surface area (Å²) < 4.78 is 1.72. The topological polar surface area (TPSA) is 46.9 Å². The number of amides is 1. The van der Waals surface area contributed by atoms with Gasteiger partial charge in [0.15, 0.2) is 0 Å². The lowest BCUT2D eigenvalue weighted by molar-refractivity contribution is -0.120. The highest BCUT2D eigenvalue weighted by atomic mass is 32.1. The molecule has 2 rings (SSSR count). The molecule has 0 fully saturated rings. The third-order valence-electron chi connectivity index (χ3n) is 2.16. The lowest BCUT2D eigenvalue weighted by Gasteiger charge is -2.01. The fourth-order valence-corrected chi connectivity index (χ4v) is 2.10. The van der Waals surface area contributed by atoms with Gasteiger partial charge in [-0.2, -0.15) is 5.10 Å². The van der Waals surface area contributed by atoms with Crippen LogP contribution in [0.5, 0.6) is 0 Å². The molecule has 5 heteroatoms. The average Bonchev–Trinajstić information content (AvgIpc) is 2.87. The van der Waals surface area contributed by atoms with E-state index in [-0.39, 0.29) is 5.91 Å². The van der Waals surface area contributed by atoms with Gasteiger partial charge < -0.3 is 5.32 Å². The Hall–Kier alpha value is -1.62. The zero-order valence-electron chi connectivity index (χ0n) is 9.01. The van der Waals surface area contributed by atoms with Crippen LogP contribution in [0.1, 0.15) is 10.4 Å². The summed E-state index contributed by atoms with van der Waals surface area (Å²) in [6.07, 6.45) is 4.11. The number of aryl methyl sites for hydroxylation is 1. The number of hydrogen-bond acceptors (Lipinski definition) is 3. The van der Waals surface area contributed by atoms with Gasteiger partial charge in [-0.3, -0.25) is 9.48 Å². The van der Waals surface area contributed by atoms with E-state index in [0.717, 1.165) is 10.4 Å². The van der Waals surface area contributed by atoms with Gasteiger partial charge in [-0.1, -0.05) is 6.07 Å². The van der Waals surface area contributed by atoms with Crippen molar-refractivity contribution in [1.29, 1.82) is 0 Å². The second-order valence-electron chi connectivity index (χ2n) is 3.56. The van der Waals surface area contributed by atoms with Crippen molar-refractivity contribution in [3.63, 3.8) is 0 Å². The molecule has 0 radical (unpaired) electrons. The van der Waals surface area contributed by atoms with Crippen LogP contribution in [0.4, 0.5) is 0 Å². The highest BCUT2D eigenvalue weighted by Crippen LogP contribution is 2.08. The van der Waals surface area contributed by atoms with Crippen LogP contribution < -0.4 is 5.32 Å². The lowest BCUT2D eigenvalue weighted by atomic mass is 10.3. The first-order valence-electron chi connectivity index (χ1n) is 5.00. The van der Waals surface area contributed by atoms with Crippen LogP contribution in [0.3, 0.4) is 0 Å². The molecule has 2 aromatic rings. The summed E-state index contributed by atoms with van der Waals surface area (Å²) >= 11 is 1.60. The predicted molar refractivity (Wildman–Crippen MR) is 63.1 cm³/mol. The van der Waals surface area contributed by atoms with Gasteiger partial charge in [0.05, 0.1) is 12.6 Å². The van der Waals surface area contributed by atoms with Gasteiger partial charge in [0.2, 0.25) is 5.91 Å². The van der Waals surface area contributed by atoms with E-state index < -0.39 is 0 Å². The van der Waals surface area contributed by atoms with E-state index in [2.05, 4.69) is 10.4 Å². The smallest absolute Gasteiger partial charge is 0.225 e. The molecule has 0 saturated heterocycles. The maximum Gasteiger partial charge on any atom is 0.225 e. The minimum absolute atomic E-state index is 0.0475. The monoisotopic (exact) mass is 235 g/mol. The standard InChI is InChI=1S/C11H13N3OS/c1-14-8-9(7-13-14)6-12-11(15)5-10-3-2-4-16-10/h2-4,7-8H,5-6H2,1H3,(H,12,15). The van der Waals surface area contributed by atoms with Crippen molar-refractivity contribution in [1.82, 2.24) is 15.1 Å². The number of rotatable bonds is 4. The van der Waals surface area contributed by atoms with Crippen molar-refractivity contribution in [2.45, 2.75) is 13.0 Å². The molecule has 0 saturated carbocycles. The Morgan fingerprint density at radius 2 is 2.50 bits per heavy atom. The van der Waals surface area contributed by atoms with Crippen LogP contribution in [0, 0.1) is 0 Å². The normalized spacial score (nSPS) is 10.3. The molecule has 1 N–H and O–H groups in total. The number of hydrogen-bond donors (Lipinski definition) is 1. The quantitative estimate of drug-likeness (QED) is 0.869. The minimum atomic E-state index is 0.0475. The van der Waals surface area contributed by atoms with Gasteiger partial charge in [-0.25, -0.2) is 0 Å². The van der Waals surface area contributed by atoms with E-state index in [0.29, 0.717) is 13.0 Å². The number of aromatic nitrogens is 2. The van der Waals surface area contributed by atoms with Crippen molar-refractivity contribution in [3.05, 3.63) is 40.3 Å². The van der Waals surface area contributed by atoms with Gasteiger partial charge in [0, 0.05) is 30.2 Å². The van der Waals surface area contributed by atoms with Crippen LogP contribution in [-0.2, 0) is 24.8 Å². The summed E-state index contributed by atoms with van der Waals surface area (Å²) in [5, 5.41) is 8.88. The first-order chi connectivity index (χ1) is 7.74. The van der Waals surface area contributed by atoms with E-state index in [4.69, 9.17) is 0 Å². The van der Waals surface area contributed by atoms with E-state index in [9.17, 15) is 4.79 Å². The van der Waals surface area contributed by atoms with Crippen LogP contribution in [0.2, 0.25) is 0 Å². The molecule has 0 unspecified atom stereocenters. The highest BCUT2D eigenvalue weighted by molar-refractivity contribution is 7.10. The molecule has 0 aliphatic rings. The zero-order chi connectivity index (χ0) is 11.4. The second-order valence-corrected chi connectivity index (χ2v) is 4.59. The summed E-state index contributed by atoms with van der Waals surface area (Å²) in [6.45, 7) is 0.540. The van der Waals surface area contributed by atoms with Crippen molar-refractivity contribution in [3.8, 4) is 0 Å².